The number of fused-ring (bicyclic) bond motifs is 2. The number of hydrogen-bond donors (Lipinski definition) is 1. The Hall–Kier alpha value is -3.83. The van der Waals surface area contributed by atoms with Crippen LogP contribution in [0.4, 0.5) is 0 Å². The minimum atomic E-state index is -3.83. The number of carboxylic acid groups (broad SMARTS) is 1. The van der Waals surface area contributed by atoms with Crippen LogP contribution in [0.15, 0.2) is 53.6 Å². The van der Waals surface area contributed by atoms with Gasteiger partial charge in [-0.05, 0) is 59.9 Å². The number of pyridine rings is 1. The fraction of sp³-hybridized carbons (Fsp3) is 0.308. The van der Waals surface area contributed by atoms with Crippen LogP contribution < -0.4 is 4.74 Å². The zero-order valence-electron chi connectivity index (χ0n) is 20.7. The lowest BCUT2D eigenvalue weighted by Crippen LogP contribution is -2.32. The monoisotopic (exact) mass is 521 g/mol. The third kappa shape index (κ3) is 4.56. The first-order valence-corrected chi connectivity index (χ1v) is 13.3. The summed E-state index contributed by atoms with van der Waals surface area (Å²) >= 11 is 0. The van der Waals surface area contributed by atoms with Crippen molar-refractivity contribution in [1.29, 1.82) is 0 Å². The van der Waals surface area contributed by atoms with Gasteiger partial charge in [-0.1, -0.05) is 29.5 Å². The first-order valence-electron chi connectivity index (χ1n) is 11.8. The highest BCUT2D eigenvalue weighted by Crippen LogP contribution is 2.35. The molecule has 37 heavy (non-hydrogen) atoms. The second-order valence-electron chi connectivity index (χ2n) is 9.19. The molecule has 5 rings (SSSR count). The van der Waals surface area contributed by atoms with Crippen molar-refractivity contribution in [3.8, 4) is 5.88 Å². The van der Waals surface area contributed by atoms with Crippen LogP contribution in [0.25, 0.3) is 11.0 Å². The number of rotatable bonds is 6. The number of carboxylic acids is 1. The van der Waals surface area contributed by atoms with E-state index in [0.717, 1.165) is 38.9 Å². The predicted molar refractivity (Wildman–Crippen MR) is 136 cm³/mol. The molecule has 0 saturated carbocycles. The van der Waals surface area contributed by atoms with E-state index in [1.165, 1.54) is 16.6 Å². The number of aryl methyl sites for hydroxylation is 3. The van der Waals surface area contributed by atoms with Gasteiger partial charge in [0.05, 0.1) is 11.9 Å². The summed E-state index contributed by atoms with van der Waals surface area (Å²) < 4.78 is 35.5. The number of sulfonamides is 1. The topological polar surface area (TPSA) is 128 Å². The average molecular weight is 522 g/mol. The lowest BCUT2D eigenvalue weighted by atomic mass is 9.84. The van der Waals surface area contributed by atoms with Gasteiger partial charge in [-0.25, -0.2) is 18.1 Å². The van der Waals surface area contributed by atoms with Crippen molar-refractivity contribution in [3.05, 3.63) is 76.5 Å². The molecule has 0 radical (unpaired) electrons. The van der Waals surface area contributed by atoms with Crippen LogP contribution in [-0.4, -0.2) is 56.9 Å². The molecule has 1 unspecified atom stereocenters. The summed E-state index contributed by atoms with van der Waals surface area (Å²) in [5, 5.41) is 18.1. The average Bonchev–Trinajstić information content (AvgIpc) is 3.19. The molecule has 0 bridgehead atoms. The summed E-state index contributed by atoms with van der Waals surface area (Å²) in [4.78, 5) is 16.0. The maximum atomic E-state index is 13.4. The van der Waals surface area contributed by atoms with Gasteiger partial charge in [0, 0.05) is 32.3 Å². The molecule has 10 nitrogen and oxygen atoms in total. The van der Waals surface area contributed by atoms with Crippen LogP contribution in [0.2, 0.25) is 0 Å². The molecular formula is C26H27N5O5S. The van der Waals surface area contributed by atoms with E-state index in [1.54, 1.807) is 10.7 Å². The van der Waals surface area contributed by atoms with Gasteiger partial charge >= 0.3 is 5.97 Å². The summed E-state index contributed by atoms with van der Waals surface area (Å²) in [5.41, 5.74) is 5.80. The maximum Gasteiger partial charge on any atom is 0.304 e. The Balaban J connectivity index is 1.54. The molecule has 0 aliphatic carbocycles. The fourth-order valence-electron chi connectivity index (χ4n) is 4.83. The van der Waals surface area contributed by atoms with Crippen LogP contribution in [-0.2, 0) is 28.4 Å². The van der Waals surface area contributed by atoms with Gasteiger partial charge in [0.1, 0.15) is 17.0 Å². The highest BCUT2D eigenvalue weighted by atomic mass is 32.2. The smallest absolute Gasteiger partial charge is 0.304 e. The lowest BCUT2D eigenvalue weighted by Gasteiger charge is -2.23. The van der Waals surface area contributed by atoms with Crippen molar-refractivity contribution in [2.24, 2.45) is 7.05 Å². The Labute approximate surface area is 214 Å². The molecule has 4 aromatic rings. The first-order chi connectivity index (χ1) is 17.7. The summed E-state index contributed by atoms with van der Waals surface area (Å²) in [5.74, 6) is -1.27. The van der Waals surface area contributed by atoms with Crippen molar-refractivity contribution >= 4 is 27.0 Å². The number of benzene rings is 2. The van der Waals surface area contributed by atoms with Crippen LogP contribution in [0, 0.1) is 13.8 Å². The van der Waals surface area contributed by atoms with Crippen molar-refractivity contribution in [2.75, 3.05) is 13.2 Å². The zero-order chi connectivity index (χ0) is 26.3. The van der Waals surface area contributed by atoms with Gasteiger partial charge in [-0.15, -0.1) is 5.10 Å². The van der Waals surface area contributed by atoms with Gasteiger partial charge < -0.3 is 9.84 Å². The number of nitrogens with zero attached hydrogens (tertiary/aromatic N) is 5. The Morgan fingerprint density at radius 1 is 1.19 bits per heavy atom. The number of hydrogen-bond acceptors (Lipinski definition) is 7. The number of aliphatic carboxylic acids is 1. The molecule has 11 heteroatoms. The Kier molecular flexibility index (Phi) is 6.42. The molecule has 1 aliphatic heterocycles. The van der Waals surface area contributed by atoms with E-state index in [4.69, 9.17) is 4.74 Å². The van der Waals surface area contributed by atoms with E-state index in [0.29, 0.717) is 0 Å². The van der Waals surface area contributed by atoms with Gasteiger partial charge in [-0.3, -0.25) is 4.79 Å². The Morgan fingerprint density at radius 2 is 2.00 bits per heavy atom. The van der Waals surface area contributed by atoms with Crippen molar-refractivity contribution in [1.82, 2.24) is 24.3 Å². The van der Waals surface area contributed by atoms with Crippen molar-refractivity contribution < 1.29 is 23.1 Å². The summed E-state index contributed by atoms with van der Waals surface area (Å²) in [7, 11) is -2.02. The molecule has 1 aliphatic rings. The van der Waals surface area contributed by atoms with Gasteiger partial charge in [0.2, 0.25) is 15.9 Å². The standard InChI is InChI=1S/C26H27N5O5S/c1-16-6-7-18(21(14-24(32)33)20-8-9-22-25(17(20)2)28-29-30(22)3)13-19(16)15-31-11-12-36-26-23(37(31,34)35)5-4-10-27-26/h4-10,13,21H,11-12,14-15H2,1-3H3,(H,32,33). The number of aromatic nitrogens is 4. The lowest BCUT2D eigenvalue weighted by molar-refractivity contribution is -0.137. The highest BCUT2D eigenvalue weighted by molar-refractivity contribution is 7.89. The fourth-order valence-corrected chi connectivity index (χ4v) is 6.31. The third-order valence-corrected chi connectivity index (χ3v) is 8.75. The van der Waals surface area contributed by atoms with Gasteiger partial charge in [0.15, 0.2) is 0 Å². The Morgan fingerprint density at radius 3 is 2.78 bits per heavy atom. The molecule has 0 saturated heterocycles. The van der Waals surface area contributed by atoms with E-state index in [9.17, 15) is 18.3 Å². The van der Waals surface area contributed by atoms with Gasteiger partial charge in [0.25, 0.3) is 0 Å². The molecule has 192 valence electrons. The zero-order valence-corrected chi connectivity index (χ0v) is 21.6. The van der Waals surface area contributed by atoms with Gasteiger partial charge in [-0.2, -0.15) is 4.31 Å². The third-order valence-electron chi connectivity index (χ3n) is 6.89. The largest absolute Gasteiger partial charge is 0.481 e. The van der Waals surface area contributed by atoms with E-state index in [2.05, 4.69) is 15.3 Å². The SMILES string of the molecule is Cc1ccc(C(CC(=O)O)c2ccc3c(nnn3C)c2C)cc1CN1CCOc2ncccc2S1(=O)=O. The summed E-state index contributed by atoms with van der Waals surface area (Å²) in [6.07, 6.45) is 1.38. The molecule has 3 heterocycles. The quantitative estimate of drug-likeness (QED) is 0.410. The minimum Gasteiger partial charge on any atom is -0.481 e. The van der Waals surface area contributed by atoms with E-state index >= 15 is 0 Å². The number of ether oxygens (including phenoxy) is 1. The summed E-state index contributed by atoms with van der Waals surface area (Å²) in [6.45, 7) is 4.32. The normalized spacial score (nSPS) is 16.1. The predicted octanol–water partition coefficient (Wildman–Crippen LogP) is 3.17. The number of carbonyl (C=O) groups is 1. The van der Waals surface area contributed by atoms with E-state index in [1.807, 2.05) is 51.2 Å². The molecule has 2 aromatic carbocycles. The highest BCUT2D eigenvalue weighted by Gasteiger charge is 2.32. The molecule has 1 N–H and O–H groups in total. The minimum absolute atomic E-state index is 0.0398. The second-order valence-corrected chi connectivity index (χ2v) is 11.1. The second kappa shape index (κ2) is 9.56. The first kappa shape index (κ1) is 24.8. The molecule has 1 atom stereocenters. The van der Waals surface area contributed by atoms with Crippen LogP contribution >= 0.6 is 0 Å². The Bertz CT molecular complexity index is 1620. The maximum absolute atomic E-state index is 13.4. The van der Waals surface area contributed by atoms with Crippen molar-refractivity contribution in [2.45, 2.75) is 37.6 Å². The van der Waals surface area contributed by atoms with E-state index in [-0.39, 0.29) is 36.9 Å². The molecule has 0 fully saturated rings. The molecular weight excluding hydrogens is 494 g/mol. The molecule has 2 aromatic heterocycles. The summed E-state index contributed by atoms with van der Waals surface area (Å²) in [6, 6.07) is 12.6. The van der Waals surface area contributed by atoms with E-state index < -0.39 is 21.9 Å². The molecule has 0 amide bonds. The van der Waals surface area contributed by atoms with Crippen LogP contribution in [0.3, 0.4) is 0 Å². The van der Waals surface area contributed by atoms with Crippen LogP contribution in [0.5, 0.6) is 5.88 Å². The van der Waals surface area contributed by atoms with Crippen molar-refractivity contribution in [3.63, 3.8) is 0 Å². The van der Waals surface area contributed by atoms with Crippen LogP contribution in [0.1, 0.15) is 40.2 Å². The molecule has 0 spiro atoms.